The monoisotopic (exact) mass is 330 g/mol. The summed E-state index contributed by atoms with van der Waals surface area (Å²) in [5.74, 6) is -0.230. The van der Waals surface area contributed by atoms with Crippen molar-refractivity contribution in [2.24, 2.45) is 4.99 Å². The number of anilines is 2. The SMILES string of the molecule is Nc1nc2c(c(=O)[nH]1)N=C(CSc1ccc(C(=O)[O-])cc1)CN2. The molecule has 23 heavy (non-hydrogen) atoms. The Morgan fingerprint density at radius 3 is 2.78 bits per heavy atom. The number of rotatable bonds is 4. The van der Waals surface area contributed by atoms with E-state index in [0.29, 0.717) is 18.1 Å². The van der Waals surface area contributed by atoms with Gasteiger partial charge in [-0.25, -0.2) is 4.99 Å². The number of benzene rings is 1. The van der Waals surface area contributed by atoms with Crippen molar-refractivity contribution in [2.45, 2.75) is 4.90 Å². The van der Waals surface area contributed by atoms with Crippen molar-refractivity contribution in [2.75, 3.05) is 23.3 Å². The van der Waals surface area contributed by atoms with Gasteiger partial charge in [-0.3, -0.25) is 9.78 Å². The number of hydrogen-bond acceptors (Lipinski definition) is 8. The van der Waals surface area contributed by atoms with E-state index >= 15 is 0 Å². The molecule has 0 aliphatic carbocycles. The van der Waals surface area contributed by atoms with Crippen LogP contribution < -0.4 is 21.7 Å². The number of thioether (sulfide) groups is 1. The summed E-state index contributed by atoms with van der Waals surface area (Å²) in [4.78, 5) is 34.1. The highest BCUT2D eigenvalue weighted by Crippen LogP contribution is 2.24. The van der Waals surface area contributed by atoms with Crippen molar-refractivity contribution >= 4 is 40.9 Å². The number of nitrogen functional groups attached to an aromatic ring is 1. The Bertz CT molecular complexity index is 844. The minimum absolute atomic E-state index is 0.0438. The second-order valence-electron chi connectivity index (χ2n) is 4.78. The minimum Gasteiger partial charge on any atom is -0.545 e. The van der Waals surface area contributed by atoms with Gasteiger partial charge in [-0.1, -0.05) is 12.1 Å². The zero-order valence-corrected chi connectivity index (χ0v) is 12.6. The number of aliphatic imine (C=N–C) groups is 1. The number of carbonyl (C=O) groups excluding carboxylic acids is 1. The molecule has 1 aliphatic rings. The molecule has 2 heterocycles. The van der Waals surface area contributed by atoms with Gasteiger partial charge in [0.15, 0.2) is 11.5 Å². The summed E-state index contributed by atoms with van der Waals surface area (Å²) in [7, 11) is 0. The van der Waals surface area contributed by atoms with Gasteiger partial charge in [-0.2, -0.15) is 4.98 Å². The van der Waals surface area contributed by atoms with Gasteiger partial charge in [0.2, 0.25) is 5.95 Å². The van der Waals surface area contributed by atoms with Crippen LogP contribution in [-0.4, -0.2) is 33.9 Å². The van der Waals surface area contributed by atoms with Crippen LogP contribution in [0, 0.1) is 0 Å². The van der Waals surface area contributed by atoms with E-state index in [2.05, 4.69) is 20.3 Å². The molecule has 0 spiro atoms. The van der Waals surface area contributed by atoms with Crippen LogP contribution >= 0.6 is 11.8 Å². The molecule has 2 aromatic rings. The molecule has 3 rings (SSSR count). The largest absolute Gasteiger partial charge is 0.545 e. The third-order valence-corrected chi connectivity index (χ3v) is 4.22. The summed E-state index contributed by atoms with van der Waals surface area (Å²) in [6.45, 7) is 0.465. The zero-order chi connectivity index (χ0) is 16.4. The molecule has 1 aromatic carbocycles. The van der Waals surface area contributed by atoms with Gasteiger partial charge < -0.3 is 21.0 Å². The van der Waals surface area contributed by atoms with Crippen molar-refractivity contribution in [1.82, 2.24) is 9.97 Å². The van der Waals surface area contributed by atoms with Gasteiger partial charge in [-0.05, 0) is 17.7 Å². The number of carboxylic acids is 1. The first kappa shape index (κ1) is 15.1. The van der Waals surface area contributed by atoms with E-state index in [-0.39, 0.29) is 22.8 Å². The van der Waals surface area contributed by atoms with Gasteiger partial charge >= 0.3 is 0 Å². The van der Waals surface area contributed by atoms with E-state index in [1.165, 1.54) is 23.9 Å². The van der Waals surface area contributed by atoms with E-state index in [4.69, 9.17) is 5.73 Å². The average Bonchev–Trinajstić information content (AvgIpc) is 2.53. The van der Waals surface area contributed by atoms with Crippen LogP contribution in [0.3, 0.4) is 0 Å². The molecule has 0 amide bonds. The Morgan fingerprint density at radius 2 is 2.09 bits per heavy atom. The number of fused-ring (bicyclic) bond motifs is 1. The quantitative estimate of drug-likeness (QED) is 0.671. The topological polar surface area (TPSA) is 136 Å². The predicted molar refractivity (Wildman–Crippen MR) is 86.4 cm³/mol. The van der Waals surface area contributed by atoms with E-state index < -0.39 is 5.97 Å². The van der Waals surface area contributed by atoms with Crippen LogP contribution in [0.15, 0.2) is 38.9 Å². The van der Waals surface area contributed by atoms with Crippen LogP contribution in [0.1, 0.15) is 10.4 Å². The van der Waals surface area contributed by atoms with Crippen molar-refractivity contribution in [3.63, 3.8) is 0 Å². The number of hydrogen-bond donors (Lipinski definition) is 3. The number of carbonyl (C=O) groups is 1. The number of carboxylic acid groups (broad SMARTS) is 1. The summed E-state index contributed by atoms with van der Waals surface area (Å²) in [5.41, 5.74) is 6.22. The second-order valence-corrected chi connectivity index (χ2v) is 5.83. The Labute approximate surface area is 134 Å². The number of nitrogens with one attached hydrogen (secondary N) is 2. The lowest BCUT2D eigenvalue weighted by Gasteiger charge is -2.16. The van der Waals surface area contributed by atoms with Crippen molar-refractivity contribution in [3.8, 4) is 0 Å². The minimum atomic E-state index is -1.20. The number of aromatic amines is 1. The summed E-state index contributed by atoms with van der Waals surface area (Å²) in [5, 5.41) is 13.7. The number of nitrogens with zero attached hydrogens (tertiary/aromatic N) is 2. The van der Waals surface area contributed by atoms with Crippen LogP contribution in [0.4, 0.5) is 17.5 Å². The Balaban J connectivity index is 1.72. The number of aromatic nitrogens is 2. The first-order valence-electron chi connectivity index (χ1n) is 6.67. The summed E-state index contributed by atoms with van der Waals surface area (Å²) < 4.78 is 0. The fourth-order valence-corrected chi connectivity index (χ4v) is 2.86. The standard InChI is InChI=1S/C14H13N5O3S/c15-14-18-11-10(12(20)19-14)17-8(5-16-11)6-23-9-3-1-7(2-4-9)13(21)22/h1-4H,5-6H2,(H,21,22)(H4,15,16,18,19,20)/p-1. The lowest BCUT2D eigenvalue weighted by atomic mass is 10.2. The van der Waals surface area contributed by atoms with E-state index in [9.17, 15) is 14.7 Å². The molecule has 0 atom stereocenters. The molecule has 4 N–H and O–H groups in total. The van der Waals surface area contributed by atoms with Crippen molar-refractivity contribution in [3.05, 3.63) is 40.2 Å². The third-order valence-electron chi connectivity index (χ3n) is 3.14. The van der Waals surface area contributed by atoms with Gasteiger partial charge in [0, 0.05) is 16.4 Å². The van der Waals surface area contributed by atoms with Gasteiger partial charge in [0.05, 0.1) is 12.5 Å². The zero-order valence-electron chi connectivity index (χ0n) is 11.8. The molecule has 0 bridgehead atoms. The summed E-state index contributed by atoms with van der Waals surface area (Å²) >= 11 is 1.49. The van der Waals surface area contributed by atoms with Crippen molar-refractivity contribution in [1.29, 1.82) is 0 Å². The molecule has 1 aromatic heterocycles. The number of nitrogens with two attached hydrogens (primary N) is 1. The molecule has 0 saturated carbocycles. The smallest absolute Gasteiger partial charge is 0.280 e. The normalized spacial score (nSPS) is 13.0. The highest BCUT2D eigenvalue weighted by molar-refractivity contribution is 8.00. The highest BCUT2D eigenvalue weighted by Gasteiger charge is 2.16. The Hall–Kier alpha value is -2.81. The summed E-state index contributed by atoms with van der Waals surface area (Å²) in [6.07, 6.45) is 0. The van der Waals surface area contributed by atoms with Crippen LogP contribution in [0.5, 0.6) is 0 Å². The Kier molecular flexibility index (Phi) is 4.02. The predicted octanol–water partition coefficient (Wildman–Crippen LogP) is 0.00590. The molecule has 1 aliphatic heterocycles. The van der Waals surface area contributed by atoms with E-state index in [0.717, 1.165) is 10.6 Å². The van der Waals surface area contributed by atoms with Crippen molar-refractivity contribution < 1.29 is 9.90 Å². The van der Waals surface area contributed by atoms with Gasteiger partial charge in [0.1, 0.15) is 0 Å². The first-order valence-corrected chi connectivity index (χ1v) is 7.66. The maximum Gasteiger partial charge on any atom is 0.280 e. The lowest BCUT2D eigenvalue weighted by molar-refractivity contribution is -0.255. The second kappa shape index (κ2) is 6.13. The molecular weight excluding hydrogens is 318 g/mol. The van der Waals surface area contributed by atoms with Gasteiger partial charge in [-0.15, -0.1) is 11.8 Å². The molecule has 8 nitrogen and oxygen atoms in total. The molecule has 0 saturated heterocycles. The first-order chi connectivity index (χ1) is 11.0. The number of H-pyrrole nitrogens is 1. The van der Waals surface area contributed by atoms with Crippen LogP contribution in [0.25, 0.3) is 0 Å². The van der Waals surface area contributed by atoms with E-state index in [1.807, 2.05) is 0 Å². The lowest BCUT2D eigenvalue weighted by Crippen LogP contribution is -2.25. The highest BCUT2D eigenvalue weighted by atomic mass is 32.2. The third kappa shape index (κ3) is 3.34. The molecule has 0 radical (unpaired) electrons. The maximum atomic E-state index is 11.8. The number of aromatic carboxylic acids is 1. The molecular formula is C14H12N5O3S-. The molecule has 0 unspecified atom stereocenters. The summed E-state index contributed by atoms with van der Waals surface area (Å²) in [6, 6.07) is 6.39. The van der Waals surface area contributed by atoms with Crippen LogP contribution in [-0.2, 0) is 0 Å². The van der Waals surface area contributed by atoms with Crippen LogP contribution in [0.2, 0.25) is 0 Å². The molecule has 9 heteroatoms. The molecule has 118 valence electrons. The fraction of sp³-hybridized carbons (Fsp3) is 0.143. The fourth-order valence-electron chi connectivity index (χ4n) is 2.03. The molecule has 0 fully saturated rings. The van der Waals surface area contributed by atoms with Gasteiger partial charge in [0.25, 0.3) is 5.56 Å². The van der Waals surface area contributed by atoms with E-state index in [1.54, 1.807) is 12.1 Å². The average molecular weight is 330 g/mol. The Morgan fingerprint density at radius 1 is 1.35 bits per heavy atom. The maximum absolute atomic E-state index is 11.8.